The van der Waals surface area contributed by atoms with Crippen molar-refractivity contribution in [2.45, 2.75) is 19.7 Å². The summed E-state index contributed by atoms with van der Waals surface area (Å²) in [6.45, 7) is 1.47. The molecule has 2 rings (SSSR count). The number of phenolic OH excluding ortho intramolecular Hbond substituents is 1. The lowest BCUT2D eigenvalue weighted by Gasteiger charge is -2.18. The summed E-state index contributed by atoms with van der Waals surface area (Å²) in [5, 5.41) is 19.0. The summed E-state index contributed by atoms with van der Waals surface area (Å²) >= 11 is 0. The second kappa shape index (κ2) is 6.36. The van der Waals surface area contributed by atoms with Crippen LogP contribution in [0, 0.1) is 0 Å². The molecule has 0 amide bonds. The first-order valence-corrected chi connectivity index (χ1v) is 6.33. The normalized spacial score (nSPS) is 10.9. The highest BCUT2D eigenvalue weighted by Gasteiger charge is 2.07. The van der Waals surface area contributed by atoms with Crippen molar-refractivity contribution >= 4 is 0 Å². The Morgan fingerprint density at radius 2 is 1.68 bits per heavy atom. The van der Waals surface area contributed by atoms with Gasteiger partial charge in [0, 0.05) is 18.7 Å². The number of aliphatic hydroxyl groups excluding tert-OH is 1. The largest absolute Gasteiger partial charge is 0.508 e. The number of aliphatic hydroxyl groups is 1. The predicted octanol–water partition coefficient (Wildman–Crippen LogP) is 2.52. The van der Waals surface area contributed by atoms with Crippen LogP contribution in [-0.4, -0.2) is 22.2 Å². The Balaban J connectivity index is 2.04. The van der Waals surface area contributed by atoms with Crippen LogP contribution in [-0.2, 0) is 19.7 Å². The molecule has 0 aliphatic rings. The first kappa shape index (κ1) is 13.6. The van der Waals surface area contributed by atoms with Gasteiger partial charge in [-0.25, -0.2) is 0 Å². The van der Waals surface area contributed by atoms with Crippen LogP contribution in [0.15, 0.2) is 48.5 Å². The van der Waals surface area contributed by atoms with Crippen LogP contribution < -0.4 is 0 Å². The lowest BCUT2D eigenvalue weighted by Crippen LogP contribution is -2.17. The van der Waals surface area contributed by atoms with E-state index < -0.39 is 0 Å². The molecule has 0 heterocycles. The average Bonchev–Trinajstić information content (AvgIpc) is 2.42. The van der Waals surface area contributed by atoms with E-state index >= 15 is 0 Å². The molecule has 100 valence electrons. The van der Waals surface area contributed by atoms with Crippen LogP contribution in [0.4, 0.5) is 0 Å². The molecule has 2 N–H and O–H groups in total. The van der Waals surface area contributed by atoms with Crippen molar-refractivity contribution in [3.8, 4) is 5.75 Å². The van der Waals surface area contributed by atoms with Gasteiger partial charge in [-0.3, -0.25) is 4.90 Å². The van der Waals surface area contributed by atoms with Crippen molar-refractivity contribution in [2.75, 3.05) is 7.05 Å². The SMILES string of the molecule is CN(Cc1ccccc1)Cc1cc(CO)ccc1O. The van der Waals surface area contributed by atoms with E-state index in [1.165, 1.54) is 5.56 Å². The monoisotopic (exact) mass is 257 g/mol. The zero-order valence-corrected chi connectivity index (χ0v) is 11.1. The topological polar surface area (TPSA) is 43.7 Å². The van der Waals surface area contributed by atoms with E-state index in [1.807, 2.05) is 31.3 Å². The molecule has 19 heavy (non-hydrogen) atoms. The van der Waals surface area contributed by atoms with Crippen LogP contribution >= 0.6 is 0 Å². The van der Waals surface area contributed by atoms with E-state index in [-0.39, 0.29) is 12.4 Å². The minimum atomic E-state index is -0.00429. The van der Waals surface area contributed by atoms with Crippen LogP contribution in [0.3, 0.4) is 0 Å². The van der Waals surface area contributed by atoms with E-state index in [9.17, 15) is 5.11 Å². The minimum absolute atomic E-state index is 0.00429. The van der Waals surface area contributed by atoms with E-state index in [4.69, 9.17) is 5.11 Å². The Hall–Kier alpha value is -1.84. The summed E-state index contributed by atoms with van der Waals surface area (Å²) in [4.78, 5) is 2.13. The molecule has 0 saturated carbocycles. The highest BCUT2D eigenvalue weighted by atomic mass is 16.3. The average molecular weight is 257 g/mol. The predicted molar refractivity (Wildman–Crippen MR) is 75.6 cm³/mol. The van der Waals surface area contributed by atoms with Gasteiger partial charge in [0.15, 0.2) is 0 Å². The highest BCUT2D eigenvalue weighted by Crippen LogP contribution is 2.20. The first-order chi connectivity index (χ1) is 9.19. The fourth-order valence-corrected chi connectivity index (χ4v) is 2.11. The standard InChI is InChI=1S/C16H19NO2/c1-17(10-13-5-3-2-4-6-13)11-15-9-14(12-18)7-8-16(15)19/h2-9,18-19H,10-12H2,1H3. The van der Waals surface area contributed by atoms with Crippen molar-refractivity contribution in [1.29, 1.82) is 0 Å². The molecule has 0 bridgehead atoms. The number of phenols is 1. The quantitative estimate of drug-likeness (QED) is 0.865. The zero-order chi connectivity index (χ0) is 13.7. The number of hydrogen-bond acceptors (Lipinski definition) is 3. The molecule has 0 unspecified atom stereocenters. The smallest absolute Gasteiger partial charge is 0.120 e. The van der Waals surface area contributed by atoms with Crippen molar-refractivity contribution in [1.82, 2.24) is 4.90 Å². The van der Waals surface area contributed by atoms with E-state index in [1.54, 1.807) is 12.1 Å². The summed E-state index contributed by atoms with van der Waals surface area (Å²) in [5.41, 5.74) is 2.90. The van der Waals surface area contributed by atoms with Crippen LogP contribution in [0.2, 0.25) is 0 Å². The Labute approximate surface area is 113 Å². The van der Waals surface area contributed by atoms with E-state index in [2.05, 4.69) is 17.0 Å². The maximum Gasteiger partial charge on any atom is 0.120 e. The van der Waals surface area contributed by atoms with Crippen LogP contribution in [0.5, 0.6) is 5.75 Å². The Morgan fingerprint density at radius 3 is 2.37 bits per heavy atom. The van der Waals surface area contributed by atoms with Gasteiger partial charge in [-0.1, -0.05) is 36.4 Å². The molecule has 0 aliphatic carbocycles. The molecule has 2 aromatic rings. The maximum atomic E-state index is 9.84. The van der Waals surface area contributed by atoms with Gasteiger partial charge in [0.2, 0.25) is 0 Å². The van der Waals surface area contributed by atoms with Gasteiger partial charge >= 0.3 is 0 Å². The number of nitrogens with zero attached hydrogens (tertiary/aromatic N) is 1. The molecule has 3 nitrogen and oxygen atoms in total. The Morgan fingerprint density at radius 1 is 0.947 bits per heavy atom. The molecule has 2 aromatic carbocycles. The Bertz CT molecular complexity index is 526. The van der Waals surface area contributed by atoms with Crippen molar-refractivity contribution in [3.63, 3.8) is 0 Å². The lowest BCUT2D eigenvalue weighted by atomic mass is 10.1. The van der Waals surface area contributed by atoms with E-state index in [0.29, 0.717) is 6.54 Å². The lowest BCUT2D eigenvalue weighted by molar-refractivity contribution is 0.280. The second-order valence-electron chi connectivity index (χ2n) is 4.78. The third-order valence-electron chi connectivity index (χ3n) is 3.06. The van der Waals surface area contributed by atoms with Gasteiger partial charge in [-0.15, -0.1) is 0 Å². The van der Waals surface area contributed by atoms with Gasteiger partial charge in [-0.05, 0) is 30.3 Å². The summed E-state index contributed by atoms with van der Waals surface area (Å²) in [6.07, 6.45) is 0. The highest BCUT2D eigenvalue weighted by molar-refractivity contribution is 5.36. The third-order valence-corrected chi connectivity index (χ3v) is 3.06. The molecule has 0 atom stereocenters. The number of aromatic hydroxyl groups is 1. The number of rotatable bonds is 5. The van der Waals surface area contributed by atoms with Crippen LogP contribution in [0.25, 0.3) is 0 Å². The zero-order valence-electron chi connectivity index (χ0n) is 11.1. The fourth-order valence-electron chi connectivity index (χ4n) is 2.11. The summed E-state index contributed by atoms with van der Waals surface area (Å²) in [7, 11) is 2.01. The summed E-state index contributed by atoms with van der Waals surface area (Å²) < 4.78 is 0. The molecular weight excluding hydrogens is 238 g/mol. The number of benzene rings is 2. The summed E-state index contributed by atoms with van der Waals surface area (Å²) in [6, 6.07) is 15.4. The maximum absolute atomic E-state index is 9.84. The second-order valence-corrected chi connectivity index (χ2v) is 4.78. The van der Waals surface area contributed by atoms with Gasteiger partial charge in [-0.2, -0.15) is 0 Å². The third kappa shape index (κ3) is 3.81. The van der Waals surface area contributed by atoms with Crippen molar-refractivity contribution < 1.29 is 10.2 Å². The molecule has 0 fully saturated rings. The summed E-state index contributed by atoms with van der Waals surface area (Å²) in [5.74, 6) is 0.275. The van der Waals surface area contributed by atoms with Crippen molar-refractivity contribution in [2.24, 2.45) is 0 Å². The van der Waals surface area contributed by atoms with Crippen molar-refractivity contribution in [3.05, 3.63) is 65.2 Å². The molecular formula is C16H19NO2. The van der Waals surface area contributed by atoms with Gasteiger partial charge in [0.1, 0.15) is 5.75 Å². The molecule has 0 saturated heterocycles. The molecule has 0 radical (unpaired) electrons. The molecule has 0 spiro atoms. The Kier molecular flexibility index (Phi) is 4.55. The molecule has 3 heteroatoms. The van der Waals surface area contributed by atoms with E-state index in [0.717, 1.165) is 17.7 Å². The molecule has 0 aliphatic heterocycles. The fraction of sp³-hybridized carbons (Fsp3) is 0.250. The number of hydrogen-bond donors (Lipinski definition) is 2. The van der Waals surface area contributed by atoms with Gasteiger partial charge < -0.3 is 10.2 Å². The van der Waals surface area contributed by atoms with Gasteiger partial charge in [0.25, 0.3) is 0 Å². The first-order valence-electron chi connectivity index (χ1n) is 6.33. The van der Waals surface area contributed by atoms with Crippen LogP contribution in [0.1, 0.15) is 16.7 Å². The van der Waals surface area contributed by atoms with Gasteiger partial charge in [0.05, 0.1) is 6.61 Å². The molecule has 0 aromatic heterocycles. The minimum Gasteiger partial charge on any atom is -0.508 e.